The van der Waals surface area contributed by atoms with Gasteiger partial charge in [0.15, 0.2) is 0 Å². The fourth-order valence-electron chi connectivity index (χ4n) is 3.66. The van der Waals surface area contributed by atoms with E-state index in [9.17, 15) is 18.0 Å². The Morgan fingerprint density at radius 2 is 1.62 bits per heavy atom. The van der Waals surface area contributed by atoms with E-state index >= 15 is 0 Å². The van der Waals surface area contributed by atoms with E-state index in [-0.39, 0.29) is 12.5 Å². The SMILES string of the molecule is Cc1cccc(C)c1N(CC(=O)N(Cc1cccc(Cl)c1)[C@@H](C)C(=O)NC(C)(C)C)S(C)(=O)=O. The van der Waals surface area contributed by atoms with Crippen molar-refractivity contribution in [1.29, 1.82) is 0 Å². The molecule has 186 valence electrons. The van der Waals surface area contributed by atoms with Crippen LogP contribution in [0.5, 0.6) is 0 Å². The summed E-state index contributed by atoms with van der Waals surface area (Å²) in [5.41, 5.74) is 2.17. The minimum absolute atomic E-state index is 0.0997. The number of rotatable bonds is 8. The number of aryl methyl sites for hydroxylation is 2. The second kappa shape index (κ2) is 10.8. The molecule has 0 unspecified atom stereocenters. The minimum atomic E-state index is -3.78. The molecule has 0 saturated carbocycles. The lowest BCUT2D eigenvalue weighted by atomic mass is 10.1. The molecular formula is C25H34ClN3O4S. The first kappa shape index (κ1) is 27.7. The van der Waals surface area contributed by atoms with Crippen LogP contribution in [0.4, 0.5) is 5.69 Å². The van der Waals surface area contributed by atoms with Crippen molar-refractivity contribution in [3.8, 4) is 0 Å². The molecule has 0 saturated heterocycles. The van der Waals surface area contributed by atoms with E-state index in [4.69, 9.17) is 11.6 Å². The van der Waals surface area contributed by atoms with Gasteiger partial charge in [-0.25, -0.2) is 8.42 Å². The number of carbonyl (C=O) groups is 2. The van der Waals surface area contributed by atoms with E-state index in [2.05, 4.69) is 5.32 Å². The van der Waals surface area contributed by atoms with Crippen molar-refractivity contribution in [3.63, 3.8) is 0 Å². The average molecular weight is 508 g/mol. The molecular weight excluding hydrogens is 474 g/mol. The third-order valence-electron chi connectivity index (χ3n) is 5.28. The summed E-state index contributed by atoms with van der Waals surface area (Å²) in [7, 11) is -3.78. The van der Waals surface area contributed by atoms with Crippen molar-refractivity contribution < 1.29 is 18.0 Å². The number of amides is 2. The van der Waals surface area contributed by atoms with Gasteiger partial charge in [0.1, 0.15) is 12.6 Å². The zero-order valence-electron chi connectivity index (χ0n) is 20.8. The van der Waals surface area contributed by atoms with Gasteiger partial charge in [-0.1, -0.05) is 41.9 Å². The molecule has 1 N–H and O–H groups in total. The number of hydrogen-bond acceptors (Lipinski definition) is 4. The fourth-order valence-corrected chi connectivity index (χ4v) is 4.84. The molecule has 9 heteroatoms. The van der Waals surface area contributed by atoms with Crippen molar-refractivity contribution in [2.45, 2.75) is 59.7 Å². The van der Waals surface area contributed by atoms with Crippen LogP contribution in [0.2, 0.25) is 5.02 Å². The molecule has 2 aromatic carbocycles. The van der Waals surface area contributed by atoms with E-state index in [0.717, 1.165) is 27.3 Å². The molecule has 1 atom stereocenters. The average Bonchev–Trinajstić information content (AvgIpc) is 2.68. The largest absolute Gasteiger partial charge is 0.350 e. The summed E-state index contributed by atoms with van der Waals surface area (Å²) < 4.78 is 26.6. The van der Waals surface area contributed by atoms with Crippen molar-refractivity contribution >= 4 is 39.1 Å². The van der Waals surface area contributed by atoms with E-state index < -0.39 is 34.1 Å². The van der Waals surface area contributed by atoms with Crippen LogP contribution in [0.15, 0.2) is 42.5 Å². The van der Waals surface area contributed by atoms with Crippen LogP contribution in [-0.4, -0.2) is 49.5 Å². The number of halogens is 1. The topological polar surface area (TPSA) is 86.8 Å². The van der Waals surface area contributed by atoms with Crippen LogP contribution in [-0.2, 0) is 26.2 Å². The van der Waals surface area contributed by atoms with Gasteiger partial charge in [0.25, 0.3) is 0 Å². The summed E-state index contributed by atoms with van der Waals surface area (Å²) in [5.74, 6) is -0.828. The number of carbonyl (C=O) groups excluding carboxylic acids is 2. The molecule has 0 aliphatic carbocycles. The molecule has 0 spiro atoms. The molecule has 2 aromatic rings. The van der Waals surface area contributed by atoms with Crippen molar-refractivity contribution in [2.75, 3.05) is 17.1 Å². The molecule has 34 heavy (non-hydrogen) atoms. The maximum Gasteiger partial charge on any atom is 0.244 e. The Morgan fingerprint density at radius 1 is 1.06 bits per heavy atom. The second-order valence-electron chi connectivity index (χ2n) is 9.58. The lowest BCUT2D eigenvalue weighted by molar-refractivity contribution is -0.140. The van der Waals surface area contributed by atoms with Gasteiger partial charge in [-0.2, -0.15) is 0 Å². The van der Waals surface area contributed by atoms with E-state index in [1.807, 2.05) is 26.8 Å². The molecule has 2 rings (SSSR count). The standard InChI is InChI=1S/C25H34ClN3O4S/c1-17-10-8-11-18(2)23(17)29(34(7,32)33)16-22(30)28(15-20-12-9-13-21(26)14-20)19(3)24(31)27-25(4,5)6/h8-14,19H,15-16H2,1-7H3,(H,27,31)/t19-/m0/s1. The fraction of sp³-hybridized carbons (Fsp3) is 0.440. The summed E-state index contributed by atoms with van der Waals surface area (Å²) in [6.45, 7) is 10.5. The highest BCUT2D eigenvalue weighted by atomic mass is 35.5. The highest BCUT2D eigenvalue weighted by molar-refractivity contribution is 7.92. The predicted octanol–water partition coefficient (Wildman–Crippen LogP) is 4.05. The quantitative estimate of drug-likeness (QED) is 0.583. The monoisotopic (exact) mass is 507 g/mol. The summed E-state index contributed by atoms with van der Waals surface area (Å²) in [6, 6.07) is 11.6. The van der Waals surface area contributed by atoms with Crippen molar-refractivity contribution in [2.24, 2.45) is 0 Å². The summed E-state index contributed by atoms with van der Waals surface area (Å²) >= 11 is 6.13. The highest BCUT2D eigenvalue weighted by Crippen LogP contribution is 2.27. The number of sulfonamides is 1. The highest BCUT2D eigenvalue weighted by Gasteiger charge is 2.32. The Labute approximate surface area is 208 Å². The Balaban J connectivity index is 2.47. The number of nitrogens with one attached hydrogen (secondary N) is 1. The zero-order chi connectivity index (χ0) is 25.8. The van der Waals surface area contributed by atoms with Crippen molar-refractivity contribution in [3.05, 3.63) is 64.2 Å². The molecule has 0 radical (unpaired) electrons. The Bertz CT molecular complexity index is 1140. The lowest BCUT2D eigenvalue weighted by Gasteiger charge is -2.33. The number of nitrogens with zero attached hydrogens (tertiary/aromatic N) is 2. The Kier molecular flexibility index (Phi) is 8.77. The number of hydrogen-bond donors (Lipinski definition) is 1. The molecule has 0 aliphatic heterocycles. The first-order chi connectivity index (χ1) is 15.6. The summed E-state index contributed by atoms with van der Waals surface area (Å²) in [6.07, 6.45) is 1.07. The van der Waals surface area contributed by atoms with Crippen LogP contribution < -0.4 is 9.62 Å². The molecule has 0 heterocycles. The molecule has 0 aromatic heterocycles. The molecule has 0 fully saturated rings. The molecule has 0 bridgehead atoms. The molecule has 0 aliphatic rings. The van der Waals surface area contributed by atoms with Crippen LogP contribution in [0.3, 0.4) is 0 Å². The van der Waals surface area contributed by atoms with Crippen LogP contribution in [0.25, 0.3) is 0 Å². The van der Waals surface area contributed by atoms with Crippen LogP contribution in [0.1, 0.15) is 44.4 Å². The van der Waals surface area contributed by atoms with Crippen LogP contribution in [0, 0.1) is 13.8 Å². The summed E-state index contributed by atoms with van der Waals surface area (Å²) in [4.78, 5) is 28.0. The lowest BCUT2D eigenvalue weighted by Crippen LogP contribution is -2.54. The van der Waals surface area contributed by atoms with Gasteiger partial charge >= 0.3 is 0 Å². The third-order valence-corrected chi connectivity index (χ3v) is 6.62. The normalized spacial score (nSPS) is 12.7. The first-order valence-corrected chi connectivity index (χ1v) is 13.2. The van der Waals surface area contributed by atoms with Gasteiger partial charge in [0, 0.05) is 17.1 Å². The van der Waals surface area contributed by atoms with Crippen molar-refractivity contribution in [1.82, 2.24) is 10.2 Å². The van der Waals surface area contributed by atoms with Gasteiger partial charge in [-0.15, -0.1) is 0 Å². The summed E-state index contributed by atoms with van der Waals surface area (Å²) in [5, 5.41) is 3.40. The van der Waals surface area contributed by atoms with Gasteiger partial charge in [0.2, 0.25) is 21.8 Å². The number of anilines is 1. The van der Waals surface area contributed by atoms with Gasteiger partial charge in [-0.05, 0) is 70.4 Å². The maximum absolute atomic E-state index is 13.6. The van der Waals surface area contributed by atoms with Gasteiger partial charge in [-0.3, -0.25) is 13.9 Å². The van der Waals surface area contributed by atoms with Crippen LogP contribution >= 0.6 is 11.6 Å². The number of para-hydroxylation sites is 1. The Morgan fingerprint density at radius 3 is 2.12 bits per heavy atom. The zero-order valence-corrected chi connectivity index (χ0v) is 22.4. The molecule has 7 nitrogen and oxygen atoms in total. The predicted molar refractivity (Wildman–Crippen MR) is 137 cm³/mol. The maximum atomic E-state index is 13.6. The van der Waals surface area contributed by atoms with Gasteiger partial charge < -0.3 is 10.2 Å². The van der Waals surface area contributed by atoms with E-state index in [1.54, 1.807) is 57.2 Å². The smallest absolute Gasteiger partial charge is 0.244 e. The first-order valence-electron chi connectivity index (χ1n) is 11.0. The van der Waals surface area contributed by atoms with E-state index in [1.165, 1.54) is 4.90 Å². The van der Waals surface area contributed by atoms with E-state index in [0.29, 0.717) is 10.7 Å². The Hall–Kier alpha value is -2.58. The third kappa shape index (κ3) is 7.46. The molecule has 2 amide bonds. The minimum Gasteiger partial charge on any atom is -0.350 e. The number of benzene rings is 2. The second-order valence-corrected chi connectivity index (χ2v) is 11.9. The van der Waals surface area contributed by atoms with Gasteiger partial charge in [0.05, 0.1) is 11.9 Å².